The second-order valence-electron chi connectivity index (χ2n) is 3.01. The van der Waals surface area contributed by atoms with Crippen LogP contribution in [0, 0.1) is 0 Å². The summed E-state index contributed by atoms with van der Waals surface area (Å²) >= 11 is 0. The Hall–Kier alpha value is -1.98. The van der Waals surface area contributed by atoms with Crippen LogP contribution in [-0.4, -0.2) is 28.2 Å². The predicted molar refractivity (Wildman–Crippen MR) is 52.1 cm³/mol. The minimum Gasteiger partial charge on any atom is -0.507 e. The maximum absolute atomic E-state index is 12.0. The summed E-state index contributed by atoms with van der Waals surface area (Å²) in [6.07, 6.45) is -3.85. The van der Waals surface area contributed by atoms with Crippen LogP contribution in [0.5, 0.6) is 5.75 Å². The van der Waals surface area contributed by atoms with E-state index in [0.717, 1.165) is 0 Å². The normalized spacial score (nSPS) is 11.8. The molecule has 2 N–H and O–H groups in total. The summed E-state index contributed by atoms with van der Waals surface area (Å²) in [6, 6.07) is 5.70. The number of ketones is 1. The van der Waals surface area contributed by atoms with Crippen molar-refractivity contribution in [3.05, 3.63) is 29.8 Å². The highest BCUT2D eigenvalue weighted by Gasteiger charge is 2.20. The van der Waals surface area contributed by atoms with E-state index in [1.54, 1.807) is 0 Å². The van der Waals surface area contributed by atoms with Gasteiger partial charge in [-0.15, -0.1) is 0 Å². The van der Waals surface area contributed by atoms with Crippen molar-refractivity contribution in [2.75, 3.05) is 0 Å². The molecule has 0 amide bonds. The van der Waals surface area contributed by atoms with Crippen molar-refractivity contribution >= 4 is 11.5 Å². The van der Waals surface area contributed by atoms with Crippen LogP contribution in [0.15, 0.2) is 29.4 Å². The van der Waals surface area contributed by atoms with Gasteiger partial charge in [0.25, 0.3) is 6.43 Å². The van der Waals surface area contributed by atoms with Crippen LogP contribution in [0.1, 0.15) is 12.0 Å². The Balaban J connectivity index is 2.93. The third-order valence-electron chi connectivity index (χ3n) is 1.92. The zero-order chi connectivity index (χ0) is 12.1. The van der Waals surface area contributed by atoms with Crippen molar-refractivity contribution in [3.63, 3.8) is 0 Å². The minimum absolute atomic E-state index is 0.0546. The number of benzene rings is 1. The summed E-state index contributed by atoms with van der Waals surface area (Å²) in [6.45, 7) is 0. The fourth-order valence-electron chi connectivity index (χ4n) is 1.14. The van der Waals surface area contributed by atoms with Crippen molar-refractivity contribution in [2.24, 2.45) is 5.16 Å². The van der Waals surface area contributed by atoms with Crippen LogP contribution in [0.3, 0.4) is 0 Å². The molecule has 0 radical (unpaired) electrons. The summed E-state index contributed by atoms with van der Waals surface area (Å²) in [7, 11) is 0. The number of aromatic hydroxyl groups is 1. The first kappa shape index (κ1) is 12.1. The molecule has 0 unspecified atom stereocenters. The van der Waals surface area contributed by atoms with E-state index in [4.69, 9.17) is 5.21 Å². The van der Waals surface area contributed by atoms with Crippen LogP contribution in [-0.2, 0) is 4.79 Å². The molecule has 0 heterocycles. The van der Waals surface area contributed by atoms with E-state index < -0.39 is 18.6 Å². The number of halogens is 2. The standard InChI is InChI=1S/C10H9F2NO3/c11-10(12)9(15)5-7(13-16)6-3-1-2-4-8(6)14/h1-4,10,14,16H,5H2/b13-7+. The van der Waals surface area contributed by atoms with Gasteiger partial charge in [0.15, 0.2) is 0 Å². The fourth-order valence-corrected chi connectivity index (χ4v) is 1.14. The summed E-state index contributed by atoms with van der Waals surface area (Å²) in [4.78, 5) is 10.8. The predicted octanol–water partition coefficient (Wildman–Crippen LogP) is 1.79. The second-order valence-corrected chi connectivity index (χ2v) is 3.01. The van der Waals surface area contributed by atoms with Gasteiger partial charge in [0.1, 0.15) is 5.75 Å². The number of nitrogens with zero attached hydrogens (tertiary/aromatic N) is 1. The Morgan fingerprint density at radius 1 is 1.38 bits per heavy atom. The Morgan fingerprint density at radius 2 is 2.00 bits per heavy atom. The first-order chi connectivity index (χ1) is 7.56. The quantitative estimate of drug-likeness (QED) is 0.469. The lowest BCUT2D eigenvalue weighted by Gasteiger charge is -2.05. The lowest BCUT2D eigenvalue weighted by Crippen LogP contribution is -2.16. The van der Waals surface area contributed by atoms with Gasteiger partial charge in [-0.3, -0.25) is 4.79 Å². The molecule has 0 saturated heterocycles. The number of hydrogen-bond donors (Lipinski definition) is 2. The van der Waals surface area contributed by atoms with Gasteiger partial charge in [0.2, 0.25) is 5.78 Å². The molecular weight excluding hydrogens is 220 g/mol. The van der Waals surface area contributed by atoms with Crippen LogP contribution in [0.4, 0.5) is 8.78 Å². The molecule has 1 aromatic rings. The second kappa shape index (κ2) is 5.20. The summed E-state index contributed by atoms with van der Waals surface area (Å²) in [5.41, 5.74) is -0.234. The number of hydrogen-bond acceptors (Lipinski definition) is 4. The van der Waals surface area contributed by atoms with Crippen molar-refractivity contribution in [2.45, 2.75) is 12.8 Å². The molecule has 86 valence electrons. The Bertz CT molecular complexity index is 418. The Labute approximate surface area is 89.8 Å². The number of alkyl halides is 2. The highest BCUT2D eigenvalue weighted by molar-refractivity contribution is 6.12. The maximum Gasteiger partial charge on any atom is 0.296 e. The number of phenolic OH excluding ortho intramolecular Hbond substituents is 1. The van der Waals surface area contributed by atoms with E-state index in [9.17, 15) is 18.7 Å². The molecule has 0 atom stereocenters. The van der Waals surface area contributed by atoms with Gasteiger partial charge in [-0.1, -0.05) is 17.3 Å². The number of phenols is 1. The topological polar surface area (TPSA) is 69.9 Å². The van der Waals surface area contributed by atoms with Crippen LogP contribution in [0.2, 0.25) is 0 Å². The minimum atomic E-state index is -3.12. The maximum atomic E-state index is 12.0. The van der Waals surface area contributed by atoms with Gasteiger partial charge in [0, 0.05) is 5.56 Å². The fraction of sp³-hybridized carbons (Fsp3) is 0.200. The molecule has 0 aliphatic carbocycles. The molecule has 16 heavy (non-hydrogen) atoms. The van der Waals surface area contributed by atoms with Gasteiger partial charge < -0.3 is 10.3 Å². The van der Waals surface area contributed by atoms with Gasteiger partial charge in [0.05, 0.1) is 12.1 Å². The van der Waals surface area contributed by atoms with E-state index >= 15 is 0 Å². The van der Waals surface area contributed by atoms with E-state index in [-0.39, 0.29) is 17.0 Å². The van der Waals surface area contributed by atoms with E-state index in [1.807, 2.05) is 0 Å². The molecule has 0 fully saturated rings. The number of para-hydroxylation sites is 1. The first-order valence-electron chi connectivity index (χ1n) is 4.36. The van der Waals surface area contributed by atoms with Gasteiger partial charge in [-0.05, 0) is 12.1 Å². The molecule has 1 rings (SSSR count). The third kappa shape index (κ3) is 2.75. The van der Waals surface area contributed by atoms with E-state index in [0.29, 0.717) is 0 Å². The molecule has 4 nitrogen and oxygen atoms in total. The smallest absolute Gasteiger partial charge is 0.296 e. The monoisotopic (exact) mass is 229 g/mol. The van der Waals surface area contributed by atoms with Crippen LogP contribution >= 0.6 is 0 Å². The molecule has 1 aromatic carbocycles. The number of rotatable bonds is 4. The molecule has 0 bridgehead atoms. The highest BCUT2D eigenvalue weighted by atomic mass is 19.3. The average Bonchev–Trinajstić information content (AvgIpc) is 2.26. The van der Waals surface area contributed by atoms with Gasteiger partial charge in [-0.2, -0.15) is 0 Å². The van der Waals surface area contributed by atoms with Gasteiger partial charge >= 0.3 is 0 Å². The zero-order valence-electron chi connectivity index (χ0n) is 8.10. The first-order valence-corrected chi connectivity index (χ1v) is 4.36. The Morgan fingerprint density at radius 3 is 2.50 bits per heavy atom. The number of carbonyl (C=O) groups excluding carboxylic acids is 1. The van der Waals surface area contributed by atoms with Crippen LogP contribution in [0.25, 0.3) is 0 Å². The van der Waals surface area contributed by atoms with Crippen molar-refractivity contribution in [1.29, 1.82) is 0 Å². The molecule has 0 spiro atoms. The van der Waals surface area contributed by atoms with E-state index in [2.05, 4.69) is 5.16 Å². The molecular formula is C10H9F2NO3. The molecule has 0 aromatic heterocycles. The summed E-state index contributed by atoms with van der Waals surface area (Å²) in [5.74, 6) is -1.60. The third-order valence-corrected chi connectivity index (χ3v) is 1.92. The van der Waals surface area contributed by atoms with Gasteiger partial charge in [-0.25, -0.2) is 8.78 Å². The summed E-state index contributed by atoms with van der Waals surface area (Å²) in [5, 5.41) is 20.7. The van der Waals surface area contributed by atoms with Crippen LogP contribution < -0.4 is 0 Å². The molecule has 6 heteroatoms. The largest absolute Gasteiger partial charge is 0.507 e. The van der Waals surface area contributed by atoms with Crippen molar-refractivity contribution in [3.8, 4) is 5.75 Å². The zero-order valence-corrected chi connectivity index (χ0v) is 8.10. The van der Waals surface area contributed by atoms with Crippen molar-refractivity contribution in [1.82, 2.24) is 0 Å². The van der Waals surface area contributed by atoms with E-state index in [1.165, 1.54) is 24.3 Å². The molecule has 0 aliphatic heterocycles. The lowest BCUT2D eigenvalue weighted by molar-refractivity contribution is -0.128. The number of carbonyl (C=O) groups is 1. The highest BCUT2D eigenvalue weighted by Crippen LogP contribution is 2.18. The number of oxime groups is 1. The molecule has 0 aliphatic rings. The number of Topliss-reactive ketones (excluding diaryl/α,β-unsaturated/α-hetero) is 1. The summed E-state index contributed by atoms with van der Waals surface area (Å²) < 4.78 is 24.0. The SMILES string of the molecule is O=C(C/C(=N\O)c1ccccc1O)C(F)F. The average molecular weight is 229 g/mol. The van der Waals surface area contributed by atoms with Crippen molar-refractivity contribution < 1.29 is 23.9 Å². The molecule has 0 saturated carbocycles. The Kier molecular flexibility index (Phi) is 3.93. The lowest BCUT2D eigenvalue weighted by atomic mass is 10.0.